The predicted octanol–water partition coefficient (Wildman–Crippen LogP) is 2.56. The molecule has 1 amide bonds. The molecule has 3 heteroatoms. The molecule has 1 aliphatic heterocycles. The molecule has 0 saturated heterocycles. The van der Waals surface area contributed by atoms with Crippen molar-refractivity contribution in [2.45, 2.75) is 20.3 Å². The van der Waals surface area contributed by atoms with Crippen molar-refractivity contribution in [1.29, 1.82) is 0 Å². The van der Waals surface area contributed by atoms with E-state index in [4.69, 9.17) is 0 Å². The zero-order valence-electron chi connectivity index (χ0n) is 9.63. The minimum atomic E-state index is -0.0640. The summed E-state index contributed by atoms with van der Waals surface area (Å²) in [5.41, 5.74) is 4.32. The lowest BCUT2D eigenvalue weighted by atomic mass is 10.1. The summed E-state index contributed by atoms with van der Waals surface area (Å²) < 4.78 is 0. The monoisotopic (exact) mass is 216 g/mol. The van der Waals surface area contributed by atoms with Crippen LogP contribution in [0.2, 0.25) is 0 Å². The lowest BCUT2D eigenvalue weighted by molar-refractivity contribution is -0.111. The van der Waals surface area contributed by atoms with Gasteiger partial charge in [-0.25, -0.2) is 0 Å². The molecule has 1 aromatic rings. The molecule has 2 N–H and O–H groups in total. The van der Waals surface area contributed by atoms with Gasteiger partial charge >= 0.3 is 0 Å². The van der Waals surface area contributed by atoms with Crippen LogP contribution >= 0.6 is 0 Å². The first-order valence-corrected chi connectivity index (χ1v) is 5.48. The van der Waals surface area contributed by atoms with Gasteiger partial charge in [0.1, 0.15) is 0 Å². The maximum absolute atomic E-state index is 11.5. The molecule has 84 valence electrons. The summed E-state index contributed by atoms with van der Waals surface area (Å²) in [6, 6.07) is 5.97. The molecule has 16 heavy (non-hydrogen) atoms. The Bertz CT molecular complexity index is 445. The molecule has 0 aliphatic carbocycles. The van der Waals surface area contributed by atoms with E-state index in [1.165, 1.54) is 11.3 Å². The molecule has 0 radical (unpaired) electrons. The summed E-state index contributed by atoms with van der Waals surface area (Å²) in [5.74, 6) is -0.0640. The molecule has 0 unspecified atom stereocenters. The fourth-order valence-corrected chi connectivity index (χ4v) is 1.82. The van der Waals surface area contributed by atoms with E-state index in [9.17, 15) is 4.79 Å². The van der Waals surface area contributed by atoms with Gasteiger partial charge in [0, 0.05) is 24.0 Å². The number of amides is 1. The number of allylic oxidation sites excluding steroid dienone is 1. The standard InChI is InChI=1S/C13H16N2O/c1-9(2)7-13(16)15-11-3-4-12-10(8-11)5-6-14-12/h3-4,7-8,14H,5-6H2,1-2H3,(H,15,16). The van der Waals surface area contributed by atoms with E-state index < -0.39 is 0 Å². The largest absolute Gasteiger partial charge is 0.384 e. The van der Waals surface area contributed by atoms with Gasteiger partial charge in [0.05, 0.1) is 0 Å². The quantitative estimate of drug-likeness (QED) is 0.746. The number of carbonyl (C=O) groups is 1. The van der Waals surface area contributed by atoms with E-state index in [1.807, 2.05) is 32.0 Å². The van der Waals surface area contributed by atoms with Gasteiger partial charge in [0.25, 0.3) is 0 Å². The Labute approximate surface area is 95.6 Å². The summed E-state index contributed by atoms with van der Waals surface area (Å²) in [7, 11) is 0. The molecule has 0 bridgehead atoms. The van der Waals surface area contributed by atoms with Gasteiger partial charge in [-0.2, -0.15) is 0 Å². The number of anilines is 2. The number of benzene rings is 1. The Morgan fingerprint density at radius 3 is 3.00 bits per heavy atom. The molecule has 0 fully saturated rings. The topological polar surface area (TPSA) is 41.1 Å². The second-order valence-corrected chi connectivity index (χ2v) is 4.26. The molecule has 1 aliphatic rings. The van der Waals surface area contributed by atoms with E-state index in [0.717, 1.165) is 24.2 Å². The summed E-state index contributed by atoms with van der Waals surface area (Å²) in [5, 5.41) is 6.15. The van der Waals surface area contributed by atoms with Crippen molar-refractivity contribution >= 4 is 17.3 Å². The summed E-state index contributed by atoms with van der Waals surface area (Å²) >= 11 is 0. The first-order chi connectivity index (χ1) is 7.65. The number of rotatable bonds is 2. The average Bonchev–Trinajstić information content (AvgIpc) is 2.63. The zero-order chi connectivity index (χ0) is 11.5. The third-order valence-corrected chi connectivity index (χ3v) is 2.50. The first kappa shape index (κ1) is 10.7. The average molecular weight is 216 g/mol. The molecule has 3 nitrogen and oxygen atoms in total. The lowest BCUT2D eigenvalue weighted by Gasteiger charge is -2.05. The van der Waals surface area contributed by atoms with Crippen LogP contribution in [-0.2, 0) is 11.2 Å². The molecule has 0 aromatic heterocycles. The minimum absolute atomic E-state index is 0.0640. The van der Waals surface area contributed by atoms with Crippen molar-refractivity contribution in [2.24, 2.45) is 0 Å². The maximum Gasteiger partial charge on any atom is 0.248 e. The van der Waals surface area contributed by atoms with E-state index in [1.54, 1.807) is 6.08 Å². The van der Waals surface area contributed by atoms with Crippen molar-refractivity contribution in [3.8, 4) is 0 Å². The van der Waals surface area contributed by atoms with E-state index >= 15 is 0 Å². The van der Waals surface area contributed by atoms with Crippen LogP contribution in [0.5, 0.6) is 0 Å². The Hall–Kier alpha value is -1.77. The Kier molecular flexibility index (Phi) is 2.95. The van der Waals surface area contributed by atoms with Crippen LogP contribution in [0.3, 0.4) is 0 Å². The normalized spacial score (nSPS) is 12.6. The number of nitrogens with one attached hydrogen (secondary N) is 2. The van der Waals surface area contributed by atoms with Gasteiger partial charge in [-0.05, 0) is 44.0 Å². The minimum Gasteiger partial charge on any atom is -0.384 e. The van der Waals surface area contributed by atoms with Gasteiger partial charge < -0.3 is 10.6 Å². The second-order valence-electron chi connectivity index (χ2n) is 4.26. The highest BCUT2D eigenvalue weighted by molar-refractivity contribution is 5.99. The highest BCUT2D eigenvalue weighted by Gasteiger charge is 2.10. The molecule has 0 saturated carbocycles. The first-order valence-electron chi connectivity index (χ1n) is 5.48. The Balaban J connectivity index is 2.11. The van der Waals surface area contributed by atoms with Crippen LogP contribution in [0.4, 0.5) is 11.4 Å². The molecule has 2 rings (SSSR count). The van der Waals surface area contributed by atoms with Crippen molar-refractivity contribution in [3.05, 3.63) is 35.4 Å². The SMILES string of the molecule is CC(C)=CC(=O)Nc1ccc2c(c1)CCN2. The van der Waals surface area contributed by atoms with Crippen molar-refractivity contribution in [3.63, 3.8) is 0 Å². The summed E-state index contributed by atoms with van der Waals surface area (Å²) in [6.07, 6.45) is 2.63. The molecule has 0 atom stereocenters. The molecular weight excluding hydrogens is 200 g/mol. The van der Waals surface area contributed by atoms with Crippen LogP contribution in [0.15, 0.2) is 29.8 Å². The maximum atomic E-state index is 11.5. The van der Waals surface area contributed by atoms with Crippen LogP contribution < -0.4 is 10.6 Å². The second kappa shape index (κ2) is 4.39. The van der Waals surface area contributed by atoms with E-state index in [2.05, 4.69) is 10.6 Å². The van der Waals surface area contributed by atoms with Crippen molar-refractivity contribution in [1.82, 2.24) is 0 Å². The Morgan fingerprint density at radius 2 is 2.25 bits per heavy atom. The van der Waals surface area contributed by atoms with Crippen LogP contribution in [0.1, 0.15) is 19.4 Å². The van der Waals surface area contributed by atoms with Gasteiger partial charge in [0.2, 0.25) is 5.91 Å². The fourth-order valence-electron chi connectivity index (χ4n) is 1.82. The van der Waals surface area contributed by atoms with Crippen molar-refractivity contribution in [2.75, 3.05) is 17.2 Å². The van der Waals surface area contributed by atoms with Gasteiger partial charge in [-0.1, -0.05) is 5.57 Å². The van der Waals surface area contributed by atoms with Crippen LogP contribution in [0, 0.1) is 0 Å². The molecule has 1 aromatic carbocycles. The van der Waals surface area contributed by atoms with E-state index in [0.29, 0.717) is 0 Å². The van der Waals surface area contributed by atoms with Gasteiger partial charge in [0.15, 0.2) is 0 Å². The van der Waals surface area contributed by atoms with E-state index in [-0.39, 0.29) is 5.91 Å². The van der Waals surface area contributed by atoms with Gasteiger partial charge in [-0.15, -0.1) is 0 Å². The smallest absolute Gasteiger partial charge is 0.248 e. The molecule has 0 spiro atoms. The highest BCUT2D eigenvalue weighted by Crippen LogP contribution is 2.25. The predicted molar refractivity (Wildman–Crippen MR) is 66.7 cm³/mol. The fraction of sp³-hybridized carbons (Fsp3) is 0.308. The van der Waals surface area contributed by atoms with Crippen molar-refractivity contribution < 1.29 is 4.79 Å². The molecule has 1 heterocycles. The number of hydrogen-bond acceptors (Lipinski definition) is 2. The Morgan fingerprint density at radius 1 is 1.44 bits per heavy atom. The third-order valence-electron chi connectivity index (χ3n) is 2.50. The lowest BCUT2D eigenvalue weighted by Crippen LogP contribution is -2.08. The summed E-state index contributed by atoms with van der Waals surface area (Å²) in [6.45, 7) is 4.80. The zero-order valence-corrected chi connectivity index (χ0v) is 9.63. The molecular formula is C13H16N2O. The summed E-state index contributed by atoms with van der Waals surface area (Å²) in [4.78, 5) is 11.5. The number of fused-ring (bicyclic) bond motifs is 1. The third kappa shape index (κ3) is 2.42. The number of hydrogen-bond donors (Lipinski definition) is 2. The van der Waals surface area contributed by atoms with Gasteiger partial charge in [-0.3, -0.25) is 4.79 Å². The van der Waals surface area contributed by atoms with Crippen LogP contribution in [-0.4, -0.2) is 12.5 Å². The number of carbonyl (C=O) groups excluding carboxylic acids is 1. The highest BCUT2D eigenvalue weighted by atomic mass is 16.1. The van der Waals surface area contributed by atoms with Crippen LogP contribution in [0.25, 0.3) is 0 Å².